The Morgan fingerprint density at radius 1 is 1.29 bits per heavy atom. The van der Waals surface area contributed by atoms with Gasteiger partial charge in [0.25, 0.3) is 5.91 Å². The number of aromatic nitrogens is 1. The Kier molecular flexibility index (Phi) is 5.00. The van der Waals surface area contributed by atoms with Gasteiger partial charge in [0.05, 0.1) is 17.8 Å². The number of nitrogens with one attached hydrogen (secondary N) is 1. The van der Waals surface area contributed by atoms with Crippen LogP contribution in [0.25, 0.3) is 0 Å². The average molecular weight is 287 g/mol. The standard InChI is InChI=1S/C16H18FN3O/c1-20(2)11-15(12-6-4-3-5-7-12)19-16(21)13-8-9-18-10-14(13)17/h3-10,15H,11H2,1-2H3,(H,19,21). The predicted octanol–water partition coefficient (Wildman–Crippen LogP) is 2.25. The van der Waals surface area contributed by atoms with E-state index in [1.165, 1.54) is 12.3 Å². The minimum Gasteiger partial charge on any atom is -0.344 e. The van der Waals surface area contributed by atoms with Crippen LogP contribution < -0.4 is 5.32 Å². The van der Waals surface area contributed by atoms with E-state index in [0.29, 0.717) is 6.54 Å². The van der Waals surface area contributed by atoms with Crippen molar-refractivity contribution in [1.29, 1.82) is 0 Å². The number of benzene rings is 1. The van der Waals surface area contributed by atoms with E-state index in [2.05, 4.69) is 10.3 Å². The Hall–Kier alpha value is -2.27. The SMILES string of the molecule is CN(C)CC(NC(=O)c1ccncc1F)c1ccccc1. The molecule has 1 aromatic carbocycles. The van der Waals surface area contributed by atoms with Gasteiger partial charge in [0.15, 0.2) is 5.82 Å². The number of nitrogens with zero attached hydrogens (tertiary/aromatic N) is 2. The van der Waals surface area contributed by atoms with Gasteiger partial charge in [-0.3, -0.25) is 9.78 Å². The first-order chi connectivity index (χ1) is 10.1. The first kappa shape index (κ1) is 15.1. The molecule has 1 aromatic heterocycles. The summed E-state index contributed by atoms with van der Waals surface area (Å²) in [6.07, 6.45) is 2.44. The molecule has 1 unspecified atom stereocenters. The molecule has 1 N–H and O–H groups in total. The van der Waals surface area contributed by atoms with Gasteiger partial charge in [-0.1, -0.05) is 30.3 Å². The van der Waals surface area contributed by atoms with Crippen LogP contribution in [0.1, 0.15) is 22.0 Å². The van der Waals surface area contributed by atoms with E-state index in [1.807, 2.05) is 49.3 Å². The molecule has 0 saturated carbocycles. The lowest BCUT2D eigenvalue weighted by atomic mass is 10.1. The quantitative estimate of drug-likeness (QED) is 0.917. The number of likely N-dealkylation sites (N-methyl/N-ethyl adjacent to an activating group) is 1. The molecule has 4 nitrogen and oxygen atoms in total. The molecule has 0 radical (unpaired) electrons. The summed E-state index contributed by atoms with van der Waals surface area (Å²) in [6.45, 7) is 0.627. The summed E-state index contributed by atoms with van der Waals surface area (Å²) in [5.41, 5.74) is 0.985. The lowest BCUT2D eigenvalue weighted by Crippen LogP contribution is -2.35. The highest BCUT2D eigenvalue weighted by Crippen LogP contribution is 2.15. The second kappa shape index (κ2) is 6.95. The number of amides is 1. The Morgan fingerprint density at radius 3 is 2.62 bits per heavy atom. The van der Waals surface area contributed by atoms with Crippen molar-refractivity contribution in [3.63, 3.8) is 0 Å². The molecule has 2 rings (SSSR count). The van der Waals surface area contributed by atoms with Crippen LogP contribution in [0.2, 0.25) is 0 Å². The molecular formula is C16H18FN3O. The zero-order chi connectivity index (χ0) is 15.2. The first-order valence-electron chi connectivity index (χ1n) is 6.68. The second-order valence-electron chi connectivity index (χ2n) is 5.05. The zero-order valence-electron chi connectivity index (χ0n) is 12.1. The Bertz CT molecular complexity index is 601. The van der Waals surface area contributed by atoms with Crippen molar-refractivity contribution in [2.45, 2.75) is 6.04 Å². The monoisotopic (exact) mass is 287 g/mol. The Balaban J connectivity index is 2.19. The fourth-order valence-electron chi connectivity index (χ4n) is 2.08. The van der Waals surface area contributed by atoms with Crippen LogP contribution in [0.4, 0.5) is 4.39 Å². The van der Waals surface area contributed by atoms with Gasteiger partial charge in [-0.05, 0) is 25.7 Å². The number of rotatable bonds is 5. The van der Waals surface area contributed by atoms with Crippen LogP contribution in [0.15, 0.2) is 48.8 Å². The molecule has 1 heterocycles. The van der Waals surface area contributed by atoms with Gasteiger partial charge in [-0.2, -0.15) is 0 Å². The molecule has 0 aliphatic rings. The predicted molar refractivity (Wildman–Crippen MR) is 79.4 cm³/mol. The van der Waals surface area contributed by atoms with Gasteiger partial charge in [0, 0.05) is 12.7 Å². The van der Waals surface area contributed by atoms with Crippen LogP contribution in [0.3, 0.4) is 0 Å². The maximum Gasteiger partial charge on any atom is 0.254 e. The lowest BCUT2D eigenvalue weighted by molar-refractivity contribution is 0.0925. The highest BCUT2D eigenvalue weighted by molar-refractivity contribution is 5.94. The lowest BCUT2D eigenvalue weighted by Gasteiger charge is -2.23. The number of hydrogen-bond acceptors (Lipinski definition) is 3. The van der Waals surface area contributed by atoms with Gasteiger partial charge < -0.3 is 10.2 Å². The molecule has 110 valence electrons. The van der Waals surface area contributed by atoms with Gasteiger partial charge in [0.2, 0.25) is 0 Å². The summed E-state index contributed by atoms with van der Waals surface area (Å²) in [5, 5.41) is 2.87. The first-order valence-corrected chi connectivity index (χ1v) is 6.68. The van der Waals surface area contributed by atoms with Gasteiger partial charge >= 0.3 is 0 Å². The number of halogens is 1. The summed E-state index contributed by atoms with van der Waals surface area (Å²) in [4.78, 5) is 17.9. The fourth-order valence-corrected chi connectivity index (χ4v) is 2.08. The molecule has 0 aliphatic carbocycles. The molecule has 0 spiro atoms. The van der Waals surface area contributed by atoms with Crippen molar-refractivity contribution >= 4 is 5.91 Å². The Labute approximate surface area is 123 Å². The van der Waals surface area contributed by atoms with Crippen LogP contribution in [0, 0.1) is 5.82 Å². The second-order valence-corrected chi connectivity index (χ2v) is 5.05. The van der Waals surface area contributed by atoms with E-state index >= 15 is 0 Å². The minimum atomic E-state index is -0.619. The summed E-state index contributed by atoms with van der Waals surface area (Å²) >= 11 is 0. The number of hydrogen-bond donors (Lipinski definition) is 1. The highest BCUT2D eigenvalue weighted by atomic mass is 19.1. The van der Waals surface area contributed by atoms with E-state index in [4.69, 9.17) is 0 Å². The zero-order valence-corrected chi connectivity index (χ0v) is 12.1. The van der Waals surface area contributed by atoms with E-state index < -0.39 is 11.7 Å². The average Bonchev–Trinajstić information content (AvgIpc) is 2.47. The third-order valence-corrected chi connectivity index (χ3v) is 3.07. The van der Waals surface area contributed by atoms with Crippen molar-refractivity contribution in [3.05, 3.63) is 65.7 Å². The normalized spacial score (nSPS) is 12.2. The molecule has 0 fully saturated rings. The van der Waals surface area contributed by atoms with E-state index in [1.54, 1.807) is 0 Å². The summed E-state index contributed by atoms with van der Waals surface area (Å²) in [7, 11) is 3.85. The van der Waals surface area contributed by atoms with Crippen molar-refractivity contribution in [2.75, 3.05) is 20.6 Å². The molecule has 1 amide bonds. The summed E-state index contributed by atoms with van der Waals surface area (Å²) in [6, 6.07) is 10.8. The molecule has 0 aliphatic heterocycles. The van der Waals surface area contributed by atoms with E-state index in [9.17, 15) is 9.18 Å². The largest absolute Gasteiger partial charge is 0.344 e. The van der Waals surface area contributed by atoms with E-state index in [-0.39, 0.29) is 11.6 Å². The van der Waals surface area contributed by atoms with Crippen molar-refractivity contribution in [2.24, 2.45) is 0 Å². The van der Waals surface area contributed by atoms with Crippen molar-refractivity contribution < 1.29 is 9.18 Å². The molecule has 5 heteroatoms. The van der Waals surface area contributed by atoms with Crippen LogP contribution >= 0.6 is 0 Å². The van der Waals surface area contributed by atoms with Crippen LogP contribution in [-0.4, -0.2) is 36.4 Å². The highest BCUT2D eigenvalue weighted by Gasteiger charge is 2.18. The Morgan fingerprint density at radius 2 is 2.00 bits per heavy atom. The summed E-state index contributed by atoms with van der Waals surface area (Å²) < 4.78 is 13.6. The molecule has 21 heavy (non-hydrogen) atoms. The minimum absolute atomic E-state index is 0.00434. The van der Waals surface area contributed by atoms with Crippen molar-refractivity contribution in [1.82, 2.24) is 15.2 Å². The van der Waals surface area contributed by atoms with Crippen LogP contribution in [-0.2, 0) is 0 Å². The van der Waals surface area contributed by atoms with Crippen LogP contribution in [0.5, 0.6) is 0 Å². The van der Waals surface area contributed by atoms with Crippen molar-refractivity contribution in [3.8, 4) is 0 Å². The van der Waals surface area contributed by atoms with Gasteiger partial charge in [-0.15, -0.1) is 0 Å². The number of carbonyl (C=O) groups excluding carboxylic acids is 1. The number of pyridine rings is 1. The third-order valence-electron chi connectivity index (χ3n) is 3.07. The maximum absolute atomic E-state index is 13.6. The molecule has 0 saturated heterocycles. The molecule has 0 bridgehead atoms. The summed E-state index contributed by atoms with van der Waals surface area (Å²) in [5.74, 6) is -1.06. The smallest absolute Gasteiger partial charge is 0.254 e. The molecule has 2 aromatic rings. The number of carbonyl (C=O) groups is 1. The van der Waals surface area contributed by atoms with Gasteiger partial charge in [0.1, 0.15) is 0 Å². The maximum atomic E-state index is 13.6. The van der Waals surface area contributed by atoms with Gasteiger partial charge in [-0.25, -0.2) is 4.39 Å². The molecule has 1 atom stereocenters. The fraction of sp³-hybridized carbons (Fsp3) is 0.250. The topological polar surface area (TPSA) is 45.2 Å². The van der Waals surface area contributed by atoms with E-state index in [0.717, 1.165) is 11.8 Å². The third kappa shape index (κ3) is 4.10. The molecular weight excluding hydrogens is 269 g/mol.